The Kier molecular flexibility index (Phi) is 5.11. The lowest BCUT2D eigenvalue weighted by Crippen LogP contribution is -2.29. The van der Waals surface area contributed by atoms with Gasteiger partial charge in [0.1, 0.15) is 5.75 Å². The third kappa shape index (κ3) is 3.56. The molecule has 1 aromatic heterocycles. The average Bonchev–Trinajstić information content (AvgIpc) is 2.39. The summed E-state index contributed by atoms with van der Waals surface area (Å²) in [6.07, 6.45) is 3.50. The van der Waals surface area contributed by atoms with Gasteiger partial charge in [-0.25, -0.2) is 5.43 Å². The van der Waals surface area contributed by atoms with Crippen molar-refractivity contribution >= 4 is 15.9 Å². The molecule has 5 heteroatoms. The van der Waals surface area contributed by atoms with Crippen molar-refractivity contribution in [2.24, 2.45) is 5.84 Å². The van der Waals surface area contributed by atoms with Gasteiger partial charge in [0.05, 0.1) is 18.8 Å². The van der Waals surface area contributed by atoms with Crippen LogP contribution >= 0.6 is 15.9 Å². The molecule has 4 nitrogen and oxygen atoms in total. The van der Waals surface area contributed by atoms with Crippen LogP contribution in [0.4, 0.5) is 0 Å². The van der Waals surface area contributed by atoms with Crippen molar-refractivity contribution in [2.75, 3.05) is 6.61 Å². The van der Waals surface area contributed by atoms with Gasteiger partial charge >= 0.3 is 0 Å². The van der Waals surface area contributed by atoms with Crippen molar-refractivity contribution in [1.82, 2.24) is 10.4 Å². The van der Waals surface area contributed by atoms with E-state index in [1.54, 1.807) is 12.4 Å². The Bertz CT molecular complexity index is 569. The van der Waals surface area contributed by atoms with Crippen LogP contribution in [-0.4, -0.2) is 11.6 Å². The van der Waals surface area contributed by atoms with E-state index in [-0.39, 0.29) is 6.04 Å². The van der Waals surface area contributed by atoms with Gasteiger partial charge in [0.2, 0.25) is 0 Å². The maximum Gasteiger partial charge on any atom is 0.137 e. The molecule has 106 valence electrons. The van der Waals surface area contributed by atoms with Gasteiger partial charge in [-0.05, 0) is 48.7 Å². The topological polar surface area (TPSA) is 60.2 Å². The third-order valence-corrected chi connectivity index (χ3v) is 3.40. The van der Waals surface area contributed by atoms with Crippen molar-refractivity contribution in [3.05, 3.63) is 57.8 Å². The van der Waals surface area contributed by atoms with Crippen molar-refractivity contribution in [3.8, 4) is 5.75 Å². The second kappa shape index (κ2) is 6.83. The molecule has 2 rings (SSSR count). The summed E-state index contributed by atoms with van der Waals surface area (Å²) < 4.78 is 6.51. The maximum absolute atomic E-state index is 5.73. The summed E-state index contributed by atoms with van der Waals surface area (Å²) in [6, 6.07) is 8.04. The fourth-order valence-electron chi connectivity index (χ4n) is 2.16. The highest BCUT2D eigenvalue weighted by molar-refractivity contribution is 9.10. The Labute approximate surface area is 127 Å². The molecule has 2 aromatic rings. The Morgan fingerprint density at radius 3 is 2.70 bits per heavy atom. The molecule has 1 heterocycles. The van der Waals surface area contributed by atoms with Crippen LogP contribution in [0.15, 0.2) is 41.1 Å². The van der Waals surface area contributed by atoms with Crippen molar-refractivity contribution in [2.45, 2.75) is 19.9 Å². The molecule has 1 aromatic carbocycles. The van der Waals surface area contributed by atoms with Gasteiger partial charge in [0, 0.05) is 10.7 Å². The van der Waals surface area contributed by atoms with Crippen LogP contribution < -0.4 is 16.0 Å². The molecular formula is C15H18BrN3O. The SMILES string of the molecule is CCOc1cncc(C(NN)c2cc(C)cc(Br)c2)c1. The Balaban J connectivity index is 2.38. The van der Waals surface area contributed by atoms with E-state index in [9.17, 15) is 0 Å². The summed E-state index contributed by atoms with van der Waals surface area (Å²) in [6.45, 7) is 4.61. The highest BCUT2D eigenvalue weighted by Crippen LogP contribution is 2.27. The smallest absolute Gasteiger partial charge is 0.137 e. The van der Waals surface area contributed by atoms with Gasteiger partial charge in [-0.3, -0.25) is 10.8 Å². The molecule has 0 saturated carbocycles. The minimum atomic E-state index is -0.126. The molecule has 0 bridgehead atoms. The maximum atomic E-state index is 5.73. The van der Waals surface area contributed by atoms with Crippen LogP contribution in [0.1, 0.15) is 29.7 Å². The summed E-state index contributed by atoms with van der Waals surface area (Å²) in [5.74, 6) is 6.47. The summed E-state index contributed by atoms with van der Waals surface area (Å²) in [7, 11) is 0. The van der Waals surface area contributed by atoms with E-state index in [4.69, 9.17) is 10.6 Å². The van der Waals surface area contributed by atoms with Crippen LogP contribution in [0.2, 0.25) is 0 Å². The number of nitrogens with zero attached hydrogens (tertiary/aromatic N) is 1. The van der Waals surface area contributed by atoms with Gasteiger partial charge in [0.15, 0.2) is 0 Å². The first-order chi connectivity index (χ1) is 9.63. The molecule has 0 fully saturated rings. The van der Waals surface area contributed by atoms with Crippen LogP contribution in [-0.2, 0) is 0 Å². The zero-order chi connectivity index (χ0) is 14.5. The molecule has 1 atom stereocenters. The number of benzene rings is 1. The van der Waals surface area contributed by atoms with Crippen LogP contribution in [0.3, 0.4) is 0 Å². The van der Waals surface area contributed by atoms with E-state index < -0.39 is 0 Å². The van der Waals surface area contributed by atoms with Gasteiger partial charge < -0.3 is 4.74 Å². The zero-order valence-electron chi connectivity index (χ0n) is 11.6. The molecule has 0 aliphatic carbocycles. The van der Waals surface area contributed by atoms with E-state index in [1.165, 1.54) is 5.56 Å². The van der Waals surface area contributed by atoms with Crippen molar-refractivity contribution < 1.29 is 4.74 Å². The average molecular weight is 336 g/mol. The fourth-order valence-corrected chi connectivity index (χ4v) is 2.78. The van der Waals surface area contributed by atoms with E-state index in [1.807, 2.05) is 19.1 Å². The first kappa shape index (κ1) is 15.0. The number of nitrogens with two attached hydrogens (primary N) is 1. The monoisotopic (exact) mass is 335 g/mol. The quantitative estimate of drug-likeness (QED) is 0.651. The number of ether oxygens (including phenoxy) is 1. The predicted octanol–water partition coefficient (Wildman–Crippen LogP) is 3.10. The Hall–Kier alpha value is -1.43. The summed E-state index contributed by atoms with van der Waals surface area (Å²) in [4.78, 5) is 4.21. The number of hydrogen-bond acceptors (Lipinski definition) is 4. The Morgan fingerprint density at radius 2 is 2.05 bits per heavy atom. The fraction of sp³-hybridized carbons (Fsp3) is 0.267. The van der Waals surface area contributed by atoms with Crippen LogP contribution in [0.5, 0.6) is 5.75 Å². The number of halogens is 1. The second-order valence-corrected chi connectivity index (χ2v) is 5.46. The predicted molar refractivity (Wildman–Crippen MR) is 83.5 cm³/mol. The van der Waals surface area contributed by atoms with E-state index in [0.717, 1.165) is 21.3 Å². The van der Waals surface area contributed by atoms with E-state index >= 15 is 0 Å². The van der Waals surface area contributed by atoms with Crippen LogP contribution in [0, 0.1) is 6.92 Å². The first-order valence-corrected chi connectivity index (χ1v) is 7.24. The first-order valence-electron chi connectivity index (χ1n) is 6.45. The Morgan fingerprint density at radius 1 is 1.25 bits per heavy atom. The summed E-state index contributed by atoms with van der Waals surface area (Å²) in [5.41, 5.74) is 6.06. The molecule has 0 saturated heterocycles. The number of rotatable bonds is 5. The molecule has 0 amide bonds. The lowest BCUT2D eigenvalue weighted by molar-refractivity contribution is 0.338. The number of hydrazine groups is 1. The molecular weight excluding hydrogens is 318 g/mol. The molecule has 0 aliphatic rings. The van der Waals surface area contributed by atoms with Crippen molar-refractivity contribution in [3.63, 3.8) is 0 Å². The molecule has 0 spiro atoms. The normalized spacial score (nSPS) is 12.2. The number of hydrogen-bond donors (Lipinski definition) is 2. The van der Waals surface area contributed by atoms with Gasteiger partial charge in [-0.15, -0.1) is 0 Å². The molecule has 1 unspecified atom stereocenters. The van der Waals surface area contributed by atoms with E-state index in [0.29, 0.717) is 6.61 Å². The minimum Gasteiger partial charge on any atom is -0.492 e. The summed E-state index contributed by atoms with van der Waals surface area (Å²) >= 11 is 3.51. The van der Waals surface area contributed by atoms with Crippen LogP contribution in [0.25, 0.3) is 0 Å². The van der Waals surface area contributed by atoms with Crippen molar-refractivity contribution in [1.29, 1.82) is 0 Å². The molecule has 0 radical (unpaired) electrons. The summed E-state index contributed by atoms with van der Waals surface area (Å²) in [5, 5.41) is 0. The highest BCUT2D eigenvalue weighted by atomic mass is 79.9. The number of aryl methyl sites for hydroxylation is 1. The molecule has 20 heavy (non-hydrogen) atoms. The largest absolute Gasteiger partial charge is 0.492 e. The van der Waals surface area contributed by atoms with Gasteiger partial charge in [0.25, 0.3) is 0 Å². The standard InChI is InChI=1S/C15H18BrN3O/c1-3-20-14-7-12(8-18-9-14)15(19-17)11-4-10(2)5-13(16)6-11/h4-9,15,19H,3,17H2,1-2H3. The molecule has 3 N–H and O–H groups in total. The third-order valence-electron chi connectivity index (χ3n) is 2.94. The lowest BCUT2D eigenvalue weighted by Gasteiger charge is -2.18. The lowest BCUT2D eigenvalue weighted by atomic mass is 9.99. The highest BCUT2D eigenvalue weighted by Gasteiger charge is 2.14. The number of nitrogens with one attached hydrogen (secondary N) is 1. The number of pyridine rings is 1. The van der Waals surface area contributed by atoms with Gasteiger partial charge in [-0.2, -0.15) is 0 Å². The number of aromatic nitrogens is 1. The second-order valence-electron chi connectivity index (χ2n) is 4.55. The van der Waals surface area contributed by atoms with Gasteiger partial charge in [-0.1, -0.05) is 22.0 Å². The minimum absolute atomic E-state index is 0.126. The van der Waals surface area contributed by atoms with E-state index in [2.05, 4.69) is 45.4 Å². The molecule has 0 aliphatic heterocycles. The zero-order valence-corrected chi connectivity index (χ0v) is 13.1.